The van der Waals surface area contributed by atoms with Crippen LogP contribution in [0.25, 0.3) is 0 Å². The number of aromatic nitrogens is 2. The Labute approximate surface area is 109 Å². The SMILES string of the molecule is Cc1nnc(CN(CC2CCCNC2)C(C)C)o1. The monoisotopic (exact) mass is 252 g/mol. The standard InChI is InChI=1S/C13H24N4O/c1-10(2)17(8-12-5-4-6-14-7-12)9-13-16-15-11(3)18-13/h10,12,14H,4-9H2,1-3H3. The molecule has 2 heterocycles. The molecule has 1 aliphatic rings. The van der Waals surface area contributed by atoms with E-state index in [-0.39, 0.29) is 0 Å². The summed E-state index contributed by atoms with van der Waals surface area (Å²) in [6.45, 7) is 10.4. The number of piperidine rings is 1. The van der Waals surface area contributed by atoms with Gasteiger partial charge in [-0.2, -0.15) is 0 Å². The first-order valence-electron chi connectivity index (χ1n) is 6.89. The molecular weight excluding hydrogens is 228 g/mol. The fraction of sp³-hybridized carbons (Fsp3) is 0.846. The highest BCUT2D eigenvalue weighted by molar-refractivity contribution is 4.82. The molecule has 0 spiro atoms. The average Bonchev–Trinajstić information content (AvgIpc) is 2.75. The third-order valence-corrected chi connectivity index (χ3v) is 3.53. The molecule has 2 rings (SSSR count). The molecule has 0 bridgehead atoms. The summed E-state index contributed by atoms with van der Waals surface area (Å²) in [6, 6.07) is 0.499. The summed E-state index contributed by atoms with van der Waals surface area (Å²) in [5.74, 6) is 2.11. The lowest BCUT2D eigenvalue weighted by molar-refractivity contribution is 0.150. The van der Waals surface area contributed by atoms with E-state index in [1.165, 1.54) is 19.4 Å². The summed E-state index contributed by atoms with van der Waals surface area (Å²) >= 11 is 0. The molecule has 1 saturated heterocycles. The minimum atomic E-state index is 0.499. The number of nitrogens with one attached hydrogen (secondary N) is 1. The first-order chi connectivity index (χ1) is 8.65. The zero-order chi connectivity index (χ0) is 13.0. The largest absolute Gasteiger partial charge is 0.424 e. The van der Waals surface area contributed by atoms with E-state index < -0.39 is 0 Å². The number of hydrogen-bond donors (Lipinski definition) is 1. The highest BCUT2D eigenvalue weighted by atomic mass is 16.4. The zero-order valence-electron chi connectivity index (χ0n) is 11.6. The van der Waals surface area contributed by atoms with E-state index in [0.29, 0.717) is 11.9 Å². The van der Waals surface area contributed by atoms with Crippen molar-refractivity contribution in [2.75, 3.05) is 19.6 Å². The highest BCUT2D eigenvalue weighted by Crippen LogP contribution is 2.15. The van der Waals surface area contributed by atoms with E-state index in [0.717, 1.165) is 31.4 Å². The minimum absolute atomic E-state index is 0.499. The molecule has 0 aliphatic carbocycles. The van der Waals surface area contributed by atoms with Gasteiger partial charge in [0.05, 0.1) is 6.54 Å². The van der Waals surface area contributed by atoms with Crippen LogP contribution in [-0.2, 0) is 6.54 Å². The Balaban J connectivity index is 1.90. The number of aryl methyl sites for hydroxylation is 1. The van der Waals surface area contributed by atoms with Gasteiger partial charge in [-0.05, 0) is 45.7 Å². The van der Waals surface area contributed by atoms with Crippen LogP contribution in [0, 0.1) is 12.8 Å². The molecule has 0 aromatic carbocycles. The predicted molar refractivity (Wildman–Crippen MR) is 70.2 cm³/mol. The third-order valence-electron chi connectivity index (χ3n) is 3.53. The van der Waals surface area contributed by atoms with Crippen molar-refractivity contribution in [3.8, 4) is 0 Å². The van der Waals surface area contributed by atoms with Crippen molar-refractivity contribution in [3.05, 3.63) is 11.8 Å². The van der Waals surface area contributed by atoms with E-state index in [2.05, 4.69) is 34.3 Å². The molecule has 1 aromatic rings. The maximum atomic E-state index is 5.47. The first kappa shape index (κ1) is 13.5. The Hall–Kier alpha value is -0.940. The molecule has 0 saturated carbocycles. The quantitative estimate of drug-likeness (QED) is 0.862. The van der Waals surface area contributed by atoms with Crippen molar-refractivity contribution in [1.82, 2.24) is 20.4 Å². The molecule has 1 aliphatic heterocycles. The minimum Gasteiger partial charge on any atom is -0.424 e. The Morgan fingerprint density at radius 1 is 1.44 bits per heavy atom. The smallest absolute Gasteiger partial charge is 0.230 e. The fourth-order valence-electron chi connectivity index (χ4n) is 2.44. The van der Waals surface area contributed by atoms with Gasteiger partial charge in [0.2, 0.25) is 11.8 Å². The number of rotatable bonds is 5. The lowest BCUT2D eigenvalue weighted by Gasteiger charge is -2.31. The van der Waals surface area contributed by atoms with Crippen LogP contribution in [0.4, 0.5) is 0 Å². The molecule has 1 atom stereocenters. The van der Waals surface area contributed by atoms with Crippen LogP contribution in [0.2, 0.25) is 0 Å². The van der Waals surface area contributed by atoms with Gasteiger partial charge in [-0.25, -0.2) is 0 Å². The second-order valence-electron chi connectivity index (χ2n) is 5.45. The van der Waals surface area contributed by atoms with Crippen molar-refractivity contribution < 1.29 is 4.42 Å². The molecule has 1 unspecified atom stereocenters. The molecule has 1 N–H and O–H groups in total. The summed E-state index contributed by atoms with van der Waals surface area (Å²) in [4.78, 5) is 2.42. The highest BCUT2D eigenvalue weighted by Gasteiger charge is 2.20. The zero-order valence-corrected chi connectivity index (χ0v) is 11.6. The molecular formula is C13H24N4O. The molecule has 5 heteroatoms. The van der Waals surface area contributed by atoms with E-state index in [1.54, 1.807) is 0 Å². The average molecular weight is 252 g/mol. The van der Waals surface area contributed by atoms with Crippen LogP contribution in [0.1, 0.15) is 38.5 Å². The van der Waals surface area contributed by atoms with Gasteiger partial charge in [0, 0.05) is 19.5 Å². The van der Waals surface area contributed by atoms with Gasteiger partial charge in [0.15, 0.2) is 0 Å². The lowest BCUT2D eigenvalue weighted by Crippen LogP contribution is -2.40. The van der Waals surface area contributed by atoms with E-state index in [4.69, 9.17) is 4.42 Å². The first-order valence-corrected chi connectivity index (χ1v) is 6.89. The van der Waals surface area contributed by atoms with Crippen LogP contribution in [0.3, 0.4) is 0 Å². The Morgan fingerprint density at radius 3 is 2.83 bits per heavy atom. The van der Waals surface area contributed by atoms with Crippen LogP contribution >= 0.6 is 0 Å². The van der Waals surface area contributed by atoms with Crippen molar-refractivity contribution in [2.24, 2.45) is 5.92 Å². The van der Waals surface area contributed by atoms with E-state index in [1.807, 2.05) is 6.92 Å². The van der Waals surface area contributed by atoms with Crippen molar-refractivity contribution in [1.29, 1.82) is 0 Å². The maximum absolute atomic E-state index is 5.47. The van der Waals surface area contributed by atoms with Gasteiger partial charge in [0.25, 0.3) is 0 Å². The van der Waals surface area contributed by atoms with Gasteiger partial charge in [-0.3, -0.25) is 4.90 Å². The summed E-state index contributed by atoms with van der Waals surface area (Å²) in [5.41, 5.74) is 0. The molecule has 0 amide bonds. The third kappa shape index (κ3) is 3.78. The summed E-state index contributed by atoms with van der Waals surface area (Å²) in [6.07, 6.45) is 2.61. The molecule has 5 nitrogen and oxygen atoms in total. The molecule has 0 radical (unpaired) electrons. The van der Waals surface area contributed by atoms with E-state index >= 15 is 0 Å². The summed E-state index contributed by atoms with van der Waals surface area (Å²) in [5, 5.41) is 11.4. The van der Waals surface area contributed by atoms with Crippen molar-refractivity contribution in [3.63, 3.8) is 0 Å². The van der Waals surface area contributed by atoms with Gasteiger partial charge in [-0.15, -0.1) is 10.2 Å². The Morgan fingerprint density at radius 2 is 2.28 bits per heavy atom. The number of hydrogen-bond acceptors (Lipinski definition) is 5. The Bertz CT molecular complexity index is 358. The van der Waals surface area contributed by atoms with Gasteiger partial charge < -0.3 is 9.73 Å². The van der Waals surface area contributed by atoms with Gasteiger partial charge in [-0.1, -0.05) is 0 Å². The number of nitrogens with zero attached hydrogens (tertiary/aromatic N) is 3. The van der Waals surface area contributed by atoms with E-state index in [9.17, 15) is 0 Å². The maximum Gasteiger partial charge on any atom is 0.230 e. The Kier molecular flexibility index (Phi) is 4.72. The molecule has 1 aromatic heterocycles. The normalized spacial score (nSPS) is 20.8. The van der Waals surface area contributed by atoms with Crippen LogP contribution in [-0.4, -0.2) is 40.8 Å². The van der Waals surface area contributed by atoms with Crippen LogP contribution < -0.4 is 5.32 Å². The van der Waals surface area contributed by atoms with Gasteiger partial charge >= 0.3 is 0 Å². The van der Waals surface area contributed by atoms with Crippen LogP contribution in [0.5, 0.6) is 0 Å². The van der Waals surface area contributed by atoms with Crippen molar-refractivity contribution >= 4 is 0 Å². The second-order valence-corrected chi connectivity index (χ2v) is 5.45. The molecule has 102 valence electrons. The summed E-state index contributed by atoms with van der Waals surface area (Å²) < 4.78 is 5.47. The predicted octanol–water partition coefficient (Wildman–Crippen LogP) is 1.59. The fourth-order valence-corrected chi connectivity index (χ4v) is 2.44. The molecule has 1 fully saturated rings. The lowest BCUT2D eigenvalue weighted by atomic mass is 9.98. The second kappa shape index (κ2) is 6.29. The van der Waals surface area contributed by atoms with Crippen LogP contribution in [0.15, 0.2) is 4.42 Å². The summed E-state index contributed by atoms with van der Waals surface area (Å²) in [7, 11) is 0. The molecule has 18 heavy (non-hydrogen) atoms. The topological polar surface area (TPSA) is 54.2 Å². The van der Waals surface area contributed by atoms with Gasteiger partial charge in [0.1, 0.15) is 0 Å². The van der Waals surface area contributed by atoms with Crippen molar-refractivity contribution in [2.45, 2.75) is 46.2 Å².